The van der Waals surface area contributed by atoms with Crippen LogP contribution in [0.15, 0.2) is 12.7 Å². The van der Waals surface area contributed by atoms with Crippen LogP contribution in [0.3, 0.4) is 0 Å². The molecule has 1 unspecified atom stereocenters. The number of esters is 1. The van der Waals surface area contributed by atoms with Gasteiger partial charge in [-0.3, -0.25) is 0 Å². The first-order valence-corrected chi connectivity index (χ1v) is 9.57. The summed E-state index contributed by atoms with van der Waals surface area (Å²) in [5, 5.41) is 0. The van der Waals surface area contributed by atoms with Crippen molar-refractivity contribution in [2.45, 2.75) is 110 Å². The maximum atomic E-state index is 11.4. The Kier molecular flexibility index (Phi) is 16.0. The molecular formula is C20H38O2. The highest BCUT2D eigenvalue weighted by atomic mass is 16.5. The number of unbranched alkanes of at least 4 members (excludes halogenated alkanes) is 10. The summed E-state index contributed by atoms with van der Waals surface area (Å²) in [7, 11) is 0. The molecule has 0 aliphatic rings. The molecule has 0 heterocycles. The summed E-state index contributed by atoms with van der Waals surface area (Å²) in [5.74, 6) is -0.262. The average Bonchev–Trinajstić information content (AvgIpc) is 2.53. The van der Waals surface area contributed by atoms with Gasteiger partial charge < -0.3 is 4.74 Å². The van der Waals surface area contributed by atoms with Gasteiger partial charge in [0.05, 0.1) is 0 Å². The van der Waals surface area contributed by atoms with Gasteiger partial charge in [-0.15, -0.1) is 0 Å². The van der Waals surface area contributed by atoms with Crippen molar-refractivity contribution in [1.29, 1.82) is 0 Å². The van der Waals surface area contributed by atoms with E-state index in [4.69, 9.17) is 4.74 Å². The van der Waals surface area contributed by atoms with Gasteiger partial charge in [-0.2, -0.15) is 0 Å². The van der Waals surface area contributed by atoms with E-state index < -0.39 is 0 Å². The van der Waals surface area contributed by atoms with E-state index in [1.54, 1.807) is 0 Å². The second kappa shape index (κ2) is 16.6. The second-order valence-electron chi connectivity index (χ2n) is 6.38. The Morgan fingerprint density at radius 1 is 0.818 bits per heavy atom. The fraction of sp³-hybridized carbons (Fsp3) is 0.850. The van der Waals surface area contributed by atoms with E-state index in [9.17, 15) is 4.79 Å². The molecule has 1 atom stereocenters. The quantitative estimate of drug-likeness (QED) is 0.183. The van der Waals surface area contributed by atoms with Crippen LogP contribution in [-0.4, -0.2) is 12.1 Å². The van der Waals surface area contributed by atoms with Gasteiger partial charge in [0.1, 0.15) is 6.10 Å². The van der Waals surface area contributed by atoms with E-state index in [-0.39, 0.29) is 12.1 Å². The predicted octanol–water partition coefficient (Wildman–Crippen LogP) is 6.59. The third-order valence-electron chi connectivity index (χ3n) is 4.21. The van der Waals surface area contributed by atoms with Crippen molar-refractivity contribution in [2.75, 3.05) is 0 Å². The van der Waals surface area contributed by atoms with E-state index in [2.05, 4.69) is 20.4 Å². The molecule has 0 N–H and O–H groups in total. The average molecular weight is 311 g/mol. The molecular weight excluding hydrogens is 272 g/mol. The molecule has 0 rings (SSSR count). The molecule has 0 saturated carbocycles. The van der Waals surface area contributed by atoms with E-state index >= 15 is 0 Å². The van der Waals surface area contributed by atoms with Crippen molar-refractivity contribution < 1.29 is 9.53 Å². The van der Waals surface area contributed by atoms with E-state index in [1.807, 2.05) is 0 Å². The van der Waals surface area contributed by atoms with Crippen LogP contribution in [0.25, 0.3) is 0 Å². The number of carbonyl (C=O) groups is 1. The first-order chi connectivity index (χ1) is 10.7. The number of rotatable bonds is 16. The molecule has 130 valence electrons. The van der Waals surface area contributed by atoms with Gasteiger partial charge >= 0.3 is 5.97 Å². The van der Waals surface area contributed by atoms with Gasteiger partial charge in [-0.1, -0.05) is 84.6 Å². The number of hydrogen-bond donors (Lipinski definition) is 0. The van der Waals surface area contributed by atoms with Crippen LogP contribution in [0, 0.1) is 0 Å². The minimum absolute atomic E-state index is 0.0998. The first kappa shape index (κ1) is 21.2. The van der Waals surface area contributed by atoms with E-state index in [0.29, 0.717) is 0 Å². The fourth-order valence-corrected chi connectivity index (χ4v) is 2.78. The Morgan fingerprint density at radius 3 is 1.64 bits per heavy atom. The van der Waals surface area contributed by atoms with Gasteiger partial charge in [-0.25, -0.2) is 4.79 Å². The van der Waals surface area contributed by atoms with E-state index in [0.717, 1.165) is 12.8 Å². The third-order valence-corrected chi connectivity index (χ3v) is 4.21. The zero-order chi connectivity index (χ0) is 16.5. The van der Waals surface area contributed by atoms with Crippen molar-refractivity contribution in [3.63, 3.8) is 0 Å². The second-order valence-corrected chi connectivity index (χ2v) is 6.38. The highest BCUT2D eigenvalue weighted by molar-refractivity contribution is 5.81. The van der Waals surface area contributed by atoms with Gasteiger partial charge in [0.15, 0.2) is 0 Å². The minimum Gasteiger partial charge on any atom is -0.459 e. The van der Waals surface area contributed by atoms with Crippen LogP contribution < -0.4 is 0 Å². The lowest BCUT2D eigenvalue weighted by atomic mass is 10.0. The molecule has 2 nitrogen and oxygen atoms in total. The van der Waals surface area contributed by atoms with Crippen LogP contribution in [0.4, 0.5) is 0 Å². The summed E-state index contributed by atoms with van der Waals surface area (Å²) in [4.78, 5) is 11.4. The Hall–Kier alpha value is -0.790. The monoisotopic (exact) mass is 310 g/mol. The molecule has 0 aromatic heterocycles. The Morgan fingerprint density at radius 2 is 1.23 bits per heavy atom. The first-order valence-electron chi connectivity index (χ1n) is 9.57. The summed E-state index contributed by atoms with van der Waals surface area (Å²) >= 11 is 0. The predicted molar refractivity (Wildman–Crippen MR) is 96.1 cm³/mol. The molecule has 0 amide bonds. The summed E-state index contributed by atoms with van der Waals surface area (Å²) in [6.45, 7) is 7.98. The largest absolute Gasteiger partial charge is 0.459 e. The Labute approximate surface area is 138 Å². The molecule has 0 radical (unpaired) electrons. The molecule has 0 saturated heterocycles. The Balaban J connectivity index is 3.77. The Bertz CT molecular complexity index is 260. The van der Waals surface area contributed by atoms with Crippen LogP contribution in [-0.2, 0) is 9.53 Å². The third kappa shape index (κ3) is 14.2. The van der Waals surface area contributed by atoms with Gasteiger partial charge in [0.25, 0.3) is 0 Å². The fourth-order valence-electron chi connectivity index (χ4n) is 2.78. The molecule has 2 heteroatoms. The van der Waals surface area contributed by atoms with Gasteiger partial charge in [0.2, 0.25) is 0 Å². The lowest BCUT2D eigenvalue weighted by Crippen LogP contribution is -2.16. The summed E-state index contributed by atoms with van der Waals surface area (Å²) in [5.41, 5.74) is 0. The molecule has 0 spiro atoms. The molecule has 0 bridgehead atoms. The van der Waals surface area contributed by atoms with Crippen molar-refractivity contribution in [3.8, 4) is 0 Å². The number of carbonyl (C=O) groups excluding carboxylic acids is 1. The molecule has 0 aromatic carbocycles. The van der Waals surface area contributed by atoms with Gasteiger partial charge in [-0.05, 0) is 25.7 Å². The highest BCUT2D eigenvalue weighted by Gasteiger charge is 2.12. The van der Waals surface area contributed by atoms with Crippen molar-refractivity contribution in [2.24, 2.45) is 0 Å². The standard InChI is InChI=1S/C20H38O2/c1-4-7-9-11-12-14-16-18-19(22-20(21)6-3)17-15-13-10-8-5-2/h6,19H,3-5,7-18H2,1-2H3. The highest BCUT2D eigenvalue weighted by Crippen LogP contribution is 2.17. The normalized spacial score (nSPS) is 12.1. The smallest absolute Gasteiger partial charge is 0.330 e. The van der Waals surface area contributed by atoms with Crippen molar-refractivity contribution in [3.05, 3.63) is 12.7 Å². The lowest BCUT2D eigenvalue weighted by molar-refractivity contribution is -0.143. The minimum atomic E-state index is -0.262. The van der Waals surface area contributed by atoms with Crippen molar-refractivity contribution in [1.82, 2.24) is 0 Å². The number of hydrogen-bond acceptors (Lipinski definition) is 2. The van der Waals surface area contributed by atoms with Crippen LogP contribution in [0.1, 0.15) is 104 Å². The zero-order valence-corrected chi connectivity index (χ0v) is 15.1. The molecule has 0 aliphatic carbocycles. The molecule has 0 fully saturated rings. The van der Waals surface area contributed by atoms with Crippen LogP contribution in [0.5, 0.6) is 0 Å². The van der Waals surface area contributed by atoms with Crippen LogP contribution >= 0.6 is 0 Å². The summed E-state index contributed by atoms with van der Waals surface area (Å²) in [6.07, 6.45) is 18.9. The molecule has 0 aromatic rings. The zero-order valence-electron chi connectivity index (χ0n) is 15.1. The SMILES string of the molecule is C=CC(=O)OC(CCCCCCC)CCCCCCCCC. The number of ether oxygens (including phenoxy) is 1. The lowest BCUT2D eigenvalue weighted by Gasteiger charge is -2.17. The summed E-state index contributed by atoms with van der Waals surface area (Å²) in [6, 6.07) is 0. The van der Waals surface area contributed by atoms with Gasteiger partial charge in [0, 0.05) is 6.08 Å². The van der Waals surface area contributed by atoms with E-state index in [1.165, 1.54) is 83.1 Å². The molecule has 0 aliphatic heterocycles. The van der Waals surface area contributed by atoms with Crippen LogP contribution in [0.2, 0.25) is 0 Å². The summed E-state index contributed by atoms with van der Waals surface area (Å²) < 4.78 is 5.49. The maximum absolute atomic E-state index is 11.4. The molecule has 22 heavy (non-hydrogen) atoms. The topological polar surface area (TPSA) is 26.3 Å². The maximum Gasteiger partial charge on any atom is 0.330 e. The van der Waals surface area contributed by atoms with Crippen molar-refractivity contribution >= 4 is 5.97 Å².